The average molecular weight is 289 g/mol. The lowest BCUT2D eigenvalue weighted by Gasteiger charge is -1.98. The van der Waals surface area contributed by atoms with E-state index in [-0.39, 0.29) is 5.69 Å². The van der Waals surface area contributed by atoms with Crippen LogP contribution in [0.2, 0.25) is 0 Å². The Morgan fingerprint density at radius 2 is 2.25 bits per heavy atom. The van der Waals surface area contributed by atoms with E-state index in [0.717, 1.165) is 10.7 Å². The summed E-state index contributed by atoms with van der Waals surface area (Å²) in [4.78, 5) is 15.9. The zero-order valence-electron chi connectivity index (χ0n) is 10.6. The van der Waals surface area contributed by atoms with Crippen molar-refractivity contribution in [2.24, 2.45) is 0 Å². The minimum absolute atomic E-state index is 0.0616. The van der Waals surface area contributed by atoms with Crippen molar-refractivity contribution in [1.82, 2.24) is 9.38 Å². The summed E-state index contributed by atoms with van der Waals surface area (Å²) < 4.78 is 7.02. The molecule has 0 bridgehead atoms. The van der Waals surface area contributed by atoms with Crippen LogP contribution in [0.5, 0.6) is 0 Å². The number of para-hydroxylation sites is 1. The number of thiazole rings is 1. The van der Waals surface area contributed by atoms with Crippen molar-refractivity contribution in [3.63, 3.8) is 0 Å². The second-order valence-electron chi connectivity index (χ2n) is 4.21. The monoisotopic (exact) mass is 289 g/mol. The zero-order chi connectivity index (χ0) is 14.1. The largest absolute Gasteiger partial charge is 0.378 e. The SMILES string of the molecule is COCc1csc2nc(-c3ccccc3[N+](=O)[O-])cn12. The number of nitrogens with zero attached hydrogens (tertiary/aromatic N) is 3. The summed E-state index contributed by atoms with van der Waals surface area (Å²) in [6.45, 7) is 0.479. The smallest absolute Gasteiger partial charge is 0.278 e. The number of rotatable bonds is 4. The van der Waals surface area contributed by atoms with Gasteiger partial charge in [-0.05, 0) is 6.07 Å². The highest BCUT2D eigenvalue weighted by atomic mass is 32.1. The van der Waals surface area contributed by atoms with Crippen LogP contribution in [-0.2, 0) is 11.3 Å². The topological polar surface area (TPSA) is 69.7 Å². The number of imidazole rings is 1. The number of ether oxygens (including phenoxy) is 1. The van der Waals surface area contributed by atoms with E-state index in [9.17, 15) is 10.1 Å². The molecule has 6 nitrogen and oxygen atoms in total. The molecule has 0 aliphatic rings. The molecule has 7 heteroatoms. The molecule has 0 saturated heterocycles. The molecule has 0 spiro atoms. The Balaban J connectivity index is 2.13. The van der Waals surface area contributed by atoms with Crippen LogP contribution >= 0.6 is 11.3 Å². The minimum atomic E-state index is -0.390. The van der Waals surface area contributed by atoms with Crippen molar-refractivity contribution in [2.45, 2.75) is 6.61 Å². The summed E-state index contributed by atoms with van der Waals surface area (Å²) in [6.07, 6.45) is 1.81. The molecule has 2 aromatic heterocycles. The number of benzene rings is 1. The van der Waals surface area contributed by atoms with Crippen molar-refractivity contribution in [3.8, 4) is 11.3 Å². The molecule has 0 unspecified atom stereocenters. The van der Waals surface area contributed by atoms with Gasteiger partial charge in [-0.25, -0.2) is 4.98 Å². The van der Waals surface area contributed by atoms with Gasteiger partial charge in [-0.15, -0.1) is 11.3 Å². The first-order chi connectivity index (χ1) is 9.70. The van der Waals surface area contributed by atoms with Crippen LogP contribution in [0.15, 0.2) is 35.8 Å². The molecule has 0 amide bonds. The lowest BCUT2D eigenvalue weighted by atomic mass is 10.1. The highest BCUT2D eigenvalue weighted by Gasteiger charge is 2.18. The Morgan fingerprint density at radius 3 is 3.00 bits per heavy atom. The van der Waals surface area contributed by atoms with E-state index >= 15 is 0 Å². The van der Waals surface area contributed by atoms with Crippen molar-refractivity contribution in [2.75, 3.05) is 7.11 Å². The Kier molecular flexibility index (Phi) is 3.21. The predicted octanol–water partition coefficient (Wildman–Crippen LogP) is 3.12. The fourth-order valence-corrected chi connectivity index (χ4v) is 2.92. The second kappa shape index (κ2) is 5.03. The second-order valence-corrected chi connectivity index (χ2v) is 5.05. The predicted molar refractivity (Wildman–Crippen MR) is 75.9 cm³/mol. The van der Waals surface area contributed by atoms with E-state index in [1.807, 2.05) is 16.0 Å². The average Bonchev–Trinajstić information content (AvgIpc) is 3.01. The Bertz CT molecular complexity index is 778. The molecular formula is C13H11N3O3S. The third kappa shape index (κ3) is 2.06. The Morgan fingerprint density at radius 1 is 1.45 bits per heavy atom. The van der Waals surface area contributed by atoms with E-state index in [2.05, 4.69) is 4.98 Å². The molecule has 0 N–H and O–H groups in total. The lowest BCUT2D eigenvalue weighted by molar-refractivity contribution is -0.384. The molecule has 0 saturated carbocycles. The van der Waals surface area contributed by atoms with E-state index < -0.39 is 4.92 Å². The maximum Gasteiger partial charge on any atom is 0.278 e. The molecule has 102 valence electrons. The number of aromatic nitrogens is 2. The first kappa shape index (κ1) is 12.8. The van der Waals surface area contributed by atoms with Crippen LogP contribution in [-0.4, -0.2) is 21.4 Å². The summed E-state index contributed by atoms with van der Waals surface area (Å²) in [5, 5.41) is 13.0. The van der Waals surface area contributed by atoms with E-state index in [1.165, 1.54) is 17.4 Å². The van der Waals surface area contributed by atoms with Crippen LogP contribution < -0.4 is 0 Å². The summed E-state index contributed by atoms with van der Waals surface area (Å²) in [7, 11) is 1.63. The van der Waals surface area contributed by atoms with Crippen molar-refractivity contribution in [1.29, 1.82) is 0 Å². The fraction of sp³-hybridized carbons (Fsp3) is 0.154. The van der Waals surface area contributed by atoms with Gasteiger partial charge in [-0.3, -0.25) is 14.5 Å². The Hall–Kier alpha value is -2.25. The van der Waals surface area contributed by atoms with E-state index in [4.69, 9.17) is 4.74 Å². The summed E-state index contributed by atoms with van der Waals surface area (Å²) >= 11 is 1.49. The van der Waals surface area contributed by atoms with Crippen molar-refractivity contribution < 1.29 is 9.66 Å². The normalized spacial score (nSPS) is 11.1. The third-order valence-electron chi connectivity index (χ3n) is 2.95. The molecule has 0 atom stereocenters. The van der Waals surface area contributed by atoms with Gasteiger partial charge >= 0.3 is 0 Å². The highest BCUT2D eigenvalue weighted by molar-refractivity contribution is 7.15. The van der Waals surface area contributed by atoms with Crippen LogP contribution in [0, 0.1) is 10.1 Å². The number of hydrogen-bond acceptors (Lipinski definition) is 5. The quantitative estimate of drug-likeness (QED) is 0.546. The summed E-state index contributed by atoms with van der Waals surface area (Å²) in [5.74, 6) is 0. The maximum absolute atomic E-state index is 11.1. The molecule has 0 radical (unpaired) electrons. The highest BCUT2D eigenvalue weighted by Crippen LogP contribution is 2.30. The number of nitro groups is 1. The number of nitro benzene ring substituents is 1. The number of hydrogen-bond donors (Lipinski definition) is 0. The maximum atomic E-state index is 11.1. The van der Waals surface area contributed by atoms with Gasteiger partial charge in [0.1, 0.15) is 0 Å². The van der Waals surface area contributed by atoms with E-state index in [1.54, 1.807) is 25.3 Å². The first-order valence-electron chi connectivity index (χ1n) is 5.89. The molecule has 2 heterocycles. The summed E-state index contributed by atoms with van der Waals surface area (Å²) in [6, 6.07) is 6.61. The van der Waals surface area contributed by atoms with Crippen LogP contribution in [0.25, 0.3) is 16.2 Å². The third-order valence-corrected chi connectivity index (χ3v) is 3.84. The minimum Gasteiger partial charge on any atom is -0.378 e. The molecule has 1 aromatic carbocycles. The molecule has 0 aliphatic carbocycles. The van der Waals surface area contributed by atoms with Crippen molar-refractivity contribution >= 4 is 22.0 Å². The van der Waals surface area contributed by atoms with Crippen LogP contribution in [0.4, 0.5) is 5.69 Å². The molecule has 3 rings (SSSR count). The van der Waals surface area contributed by atoms with Gasteiger partial charge in [-0.2, -0.15) is 0 Å². The van der Waals surface area contributed by atoms with Crippen LogP contribution in [0.3, 0.4) is 0 Å². The zero-order valence-corrected chi connectivity index (χ0v) is 11.5. The molecule has 3 aromatic rings. The van der Waals surface area contributed by atoms with Gasteiger partial charge in [0, 0.05) is 24.8 Å². The number of methoxy groups -OCH3 is 1. The van der Waals surface area contributed by atoms with Gasteiger partial charge < -0.3 is 4.74 Å². The molecule has 0 aliphatic heterocycles. The number of fused-ring (bicyclic) bond motifs is 1. The van der Waals surface area contributed by atoms with Gasteiger partial charge in [0.2, 0.25) is 0 Å². The van der Waals surface area contributed by atoms with Crippen LogP contribution in [0.1, 0.15) is 5.69 Å². The molecule has 20 heavy (non-hydrogen) atoms. The summed E-state index contributed by atoms with van der Waals surface area (Å²) in [5.41, 5.74) is 2.16. The van der Waals surface area contributed by atoms with Gasteiger partial charge in [0.25, 0.3) is 5.69 Å². The Labute approximate surface area is 118 Å². The van der Waals surface area contributed by atoms with Gasteiger partial charge in [-0.1, -0.05) is 12.1 Å². The molecule has 0 fully saturated rings. The van der Waals surface area contributed by atoms with Gasteiger partial charge in [0.15, 0.2) is 4.96 Å². The first-order valence-corrected chi connectivity index (χ1v) is 6.77. The standard InChI is InChI=1S/C13H11N3O3S/c1-19-7-9-8-20-13-14-11(6-15(9)13)10-4-2-3-5-12(10)16(17)18/h2-6,8H,7H2,1H3. The lowest BCUT2D eigenvalue weighted by Crippen LogP contribution is -1.92. The molecular weight excluding hydrogens is 278 g/mol. The van der Waals surface area contributed by atoms with Gasteiger partial charge in [0.05, 0.1) is 28.5 Å². The fourth-order valence-electron chi connectivity index (χ4n) is 2.06. The van der Waals surface area contributed by atoms with Crippen molar-refractivity contribution in [3.05, 3.63) is 51.7 Å². The van der Waals surface area contributed by atoms with E-state index in [0.29, 0.717) is 17.9 Å².